The summed E-state index contributed by atoms with van der Waals surface area (Å²) in [5, 5.41) is 12.0. The van der Waals surface area contributed by atoms with Crippen LogP contribution in [0.15, 0.2) is 84.6 Å². The number of nitrogens with zero attached hydrogens (tertiary/aromatic N) is 7. The Morgan fingerprint density at radius 2 is 1.59 bits per heavy atom. The van der Waals surface area contributed by atoms with E-state index < -0.39 is 5.82 Å². The number of hydrogen-bond acceptors (Lipinski definition) is 12. The molecule has 0 bridgehead atoms. The number of piperidine rings is 2. The van der Waals surface area contributed by atoms with E-state index in [-0.39, 0.29) is 46.5 Å². The highest BCUT2D eigenvalue weighted by molar-refractivity contribution is 6.02. The number of aldehydes is 1. The van der Waals surface area contributed by atoms with Crippen LogP contribution in [0, 0.1) is 36.3 Å². The maximum Gasteiger partial charge on any atom is 0.318 e. The van der Waals surface area contributed by atoms with E-state index in [1.165, 1.54) is 87.9 Å². The zero-order valence-electron chi connectivity index (χ0n) is 56.2. The quantitative estimate of drug-likeness (QED) is 0.0686. The van der Waals surface area contributed by atoms with Crippen LogP contribution in [0.5, 0.6) is 11.8 Å². The number of pyridine rings is 1. The summed E-state index contributed by atoms with van der Waals surface area (Å²) in [5.41, 5.74) is 7.99. The number of ketones is 1. The molecule has 1 amide bonds. The van der Waals surface area contributed by atoms with E-state index in [1.807, 2.05) is 77.9 Å². The van der Waals surface area contributed by atoms with Crippen LogP contribution in [0.25, 0.3) is 32.9 Å². The maximum absolute atomic E-state index is 16.1. The lowest BCUT2D eigenvalue weighted by Crippen LogP contribution is -2.35. The van der Waals surface area contributed by atoms with Crippen molar-refractivity contribution in [3.05, 3.63) is 124 Å². The number of carbonyl (C=O) groups is 3. The summed E-state index contributed by atoms with van der Waals surface area (Å²) in [6.45, 7) is 25.2. The molecule has 4 unspecified atom stereocenters. The first kappa shape index (κ1) is 70.8. The highest BCUT2D eigenvalue weighted by atomic mass is 19.1. The number of aromatic hydroxyl groups is 1. The van der Waals surface area contributed by atoms with Gasteiger partial charge >= 0.3 is 6.01 Å². The van der Waals surface area contributed by atoms with Gasteiger partial charge in [0.05, 0.1) is 19.1 Å². The van der Waals surface area contributed by atoms with Crippen LogP contribution in [0.1, 0.15) is 190 Å². The Bertz CT molecular complexity index is 3340. The van der Waals surface area contributed by atoms with Gasteiger partial charge in [0.15, 0.2) is 5.82 Å². The molecular formula is C75H103F2N7O6. The summed E-state index contributed by atoms with van der Waals surface area (Å²) in [7, 11) is 5.15. The first-order valence-corrected chi connectivity index (χ1v) is 33.5. The van der Waals surface area contributed by atoms with Crippen LogP contribution >= 0.6 is 0 Å². The fraction of sp³-hybridized carbons (Fsp3) is 0.547. The number of anilines is 2. The molecule has 13 nitrogen and oxygen atoms in total. The van der Waals surface area contributed by atoms with Crippen molar-refractivity contribution in [2.75, 3.05) is 70.4 Å². The average Bonchev–Trinajstić information content (AvgIpc) is 0.990. The lowest BCUT2D eigenvalue weighted by atomic mass is 9.88. The third-order valence-corrected chi connectivity index (χ3v) is 18.8. The minimum atomic E-state index is -0.664. The Hall–Kier alpha value is -6.68. The van der Waals surface area contributed by atoms with Crippen molar-refractivity contribution in [1.82, 2.24) is 24.8 Å². The molecule has 5 aliphatic rings. The lowest BCUT2D eigenvalue weighted by Gasteiger charge is -2.33. The molecule has 5 fully saturated rings. The van der Waals surface area contributed by atoms with Crippen molar-refractivity contribution in [3.8, 4) is 23.0 Å². The SMILES string of the molecule is CC=C1CCC1.CCCC(=O)N(C)c1cc(C2CCN(Cc3ccc(C=O)cc3)CC2)ccc1C.CCCC(C)C(=O)C(C)C.CCc1c(F)ccc2cc(O)cc(-c3ncc4c(N5CCCC(C)C5)nc(OC)nc4c3F)c12.COCC1CCC2CCCN21. The van der Waals surface area contributed by atoms with Crippen molar-refractivity contribution in [1.29, 1.82) is 0 Å². The van der Waals surface area contributed by atoms with E-state index in [0.717, 1.165) is 119 Å². The molecule has 4 aliphatic heterocycles. The summed E-state index contributed by atoms with van der Waals surface area (Å²) >= 11 is 0. The number of aromatic nitrogens is 3. The van der Waals surface area contributed by atoms with Gasteiger partial charge in [0.25, 0.3) is 0 Å². The maximum atomic E-state index is 16.1. The second-order valence-electron chi connectivity index (χ2n) is 25.8. The number of amides is 1. The van der Waals surface area contributed by atoms with Crippen molar-refractivity contribution in [3.63, 3.8) is 0 Å². The number of phenolic OH excluding ortho intramolecular Hbond substituents is 1. The number of halogens is 2. The smallest absolute Gasteiger partial charge is 0.318 e. The molecule has 0 radical (unpaired) electrons. The van der Waals surface area contributed by atoms with E-state index in [2.05, 4.69) is 81.6 Å². The summed E-state index contributed by atoms with van der Waals surface area (Å²) in [6.07, 6.45) is 22.9. The monoisotopic (exact) mass is 1240 g/mol. The van der Waals surface area contributed by atoms with Crippen LogP contribution in [0.4, 0.5) is 20.3 Å². The van der Waals surface area contributed by atoms with Gasteiger partial charge in [0.1, 0.15) is 40.7 Å². The van der Waals surface area contributed by atoms with Gasteiger partial charge in [-0.25, -0.2) is 8.78 Å². The molecule has 11 rings (SSSR count). The molecular weight excluding hydrogens is 1130 g/mol. The molecule has 90 heavy (non-hydrogen) atoms. The number of rotatable bonds is 17. The van der Waals surface area contributed by atoms with Gasteiger partial charge in [-0.3, -0.25) is 29.2 Å². The number of likely N-dealkylation sites (tertiary alicyclic amines) is 1. The molecule has 6 heterocycles. The standard InChI is InChI=1S/C26H26F2N4O2.C25H32N2O2.C9H17NO.C9H18O.C6H10/c1-4-17-20(27)8-7-15-10-16(33)11-18(21(15)17)23-22(28)24-19(12-29-23)25(31-26(30-24)34-3)32-9-5-6-14(2)13-32;1-4-5-25(29)26(3)24-16-23(11-6-19(24)2)22-12-14-27(15-13-22)17-20-7-9-21(18-28)10-8-20;1-11-7-9-5-4-8-3-2-6-10(8)9;1-5-6-8(4)9(10)7(2)3;1-2-6-4-3-5-6/h7-8,10-12,14,33H,4-6,9,13H2,1-3H3;6-11,16,18,22H,4-5,12-15,17H2,1-3H3;8-9H,2-7H2,1H3;7-8H,5-6H2,1-4H3;2H,3-5H2,1H3. The van der Waals surface area contributed by atoms with Crippen LogP contribution in [-0.2, 0) is 27.3 Å². The van der Waals surface area contributed by atoms with Gasteiger partial charge < -0.3 is 24.4 Å². The minimum Gasteiger partial charge on any atom is -0.508 e. The summed E-state index contributed by atoms with van der Waals surface area (Å²) < 4.78 is 41.2. The summed E-state index contributed by atoms with van der Waals surface area (Å²) in [6, 6.07) is 22.1. The van der Waals surface area contributed by atoms with Crippen molar-refractivity contribution >= 4 is 51.2 Å². The molecule has 2 aromatic heterocycles. The largest absolute Gasteiger partial charge is 0.508 e. The molecule has 0 spiro atoms. The normalized spacial score (nSPS) is 18.6. The Morgan fingerprint density at radius 1 is 0.856 bits per heavy atom. The van der Waals surface area contributed by atoms with E-state index in [1.54, 1.807) is 17.8 Å². The fourth-order valence-corrected chi connectivity index (χ4v) is 13.5. The number of allylic oxidation sites excluding steroid dienone is 2. The van der Waals surface area contributed by atoms with E-state index in [9.17, 15) is 23.9 Å². The van der Waals surface area contributed by atoms with Crippen LogP contribution in [0.2, 0.25) is 0 Å². The van der Waals surface area contributed by atoms with Crippen LogP contribution < -0.4 is 14.5 Å². The number of phenols is 1. The zero-order valence-corrected chi connectivity index (χ0v) is 56.2. The first-order chi connectivity index (χ1) is 43.4. The van der Waals surface area contributed by atoms with Crippen molar-refractivity contribution < 1.29 is 37.7 Å². The number of fused-ring (bicyclic) bond motifs is 3. The van der Waals surface area contributed by atoms with Crippen LogP contribution in [0.3, 0.4) is 0 Å². The molecule has 1 N–H and O–H groups in total. The molecule has 4 aromatic carbocycles. The van der Waals surface area contributed by atoms with E-state index >= 15 is 4.39 Å². The zero-order chi connectivity index (χ0) is 65.0. The second-order valence-corrected chi connectivity index (χ2v) is 25.8. The number of aryl methyl sites for hydroxylation is 2. The number of methoxy groups -OCH3 is 2. The van der Waals surface area contributed by atoms with Crippen molar-refractivity contribution in [2.45, 2.75) is 190 Å². The van der Waals surface area contributed by atoms with Gasteiger partial charge in [0, 0.05) is 87.1 Å². The number of Topliss-reactive ketones (excluding diaryl/α,β-unsaturated/α-hetero) is 1. The van der Waals surface area contributed by atoms with E-state index in [0.29, 0.717) is 63.6 Å². The first-order valence-electron chi connectivity index (χ1n) is 33.5. The molecule has 1 saturated carbocycles. The third kappa shape index (κ3) is 18.5. The molecule has 4 atom stereocenters. The number of carbonyl (C=O) groups excluding carboxylic acids is 3. The van der Waals surface area contributed by atoms with Gasteiger partial charge in [-0.1, -0.05) is 109 Å². The average molecular weight is 1240 g/mol. The third-order valence-electron chi connectivity index (χ3n) is 18.8. The molecule has 4 saturated heterocycles. The number of hydrogen-bond donors (Lipinski definition) is 1. The van der Waals surface area contributed by atoms with Crippen LogP contribution in [-0.4, -0.2) is 121 Å². The Kier molecular flexibility index (Phi) is 27.3. The topological polar surface area (TPSA) is 142 Å². The van der Waals surface area contributed by atoms with Crippen molar-refractivity contribution in [2.24, 2.45) is 17.8 Å². The number of ether oxygens (including phenoxy) is 2. The van der Waals surface area contributed by atoms with Gasteiger partial charge in [-0.2, -0.15) is 9.97 Å². The Labute approximate surface area is 536 Å². The highest BCUT2D eigenvalue weighted by Gasteiger charge is 2.36. The Morgan fingerprint density at radius 3 is 2.20 bits per heavy atom. The molecule has 6 aromatic rings. The minimum absolute atomic E-state index is 0.00702. The van der Waals surface area contributed by atoms with E-state index in [4.69, 9.17) is 9.47 Å². The summed E-state index contributed by atoms with van der Waals surface area (Å²) in [5.74, 6) is 1.58. The highest BCUT2D eigenvalue weighted by Crippen LogP contribution is 2.40. The van der Waals surface area contributed by atoms with Gasteiger partial charge in [-0.15, -0.1) is 0 Å². The molecule has 1 aliphatic carbocycles. The van der Waals surface area contributed by atoms with Gasteiger partial charge in [-0.05, 0) is 193 Å². The Balaban J connectivity index is 0.000000183. The predicted octanol–water partition coefficient (Wildman–Crippen LogP) is 16.6. The molecule has 15 heteroatoms. The van der Waals surface area contributed by atoms with Gasteiger partial charge in [0.2, 0.25) is 5.91 Å². The predicted molar refractivity (Wildman–Crippen MR) is 363 cm³/mol. The second kappa shape index (κ2) is 34.7. The molecule has 488 valence electrons. The number of benzene rings is 4. The summed E-state index contributed by atoms with van der Waals surface area (Å²) in [4.78, 5) is 56.7. The fourth-order valence-electron chi connectivity index (χ4n) is 13.5. The lowest BCUT2D eigenvalue weighted by molar-refractivity contribution is -0.125.